The summed E-state index contributed by atoms with van der Waals surface area (Å²) in [6, 6.07) is 4.82. The maximum Gasteiger partial charge on any atom is 0.387 e. The van der Waals surface area contributed by atoms with Gasteiger partial charge in [0.2, 0.25) is 5.91 Å². The second kappa shape index (κ2) is 8.09. The smallest absolute Gasteiger partial charge is 0.387 e. The molecule has 1 aliphatic heterocycles. The maximum atomic E-state index is 13.0. The molecule has 1 heterocycles. The largest absolute Gasteiger partial charge is 0.435 e. The van der Waals surface area contributed by atoms with Crippen LogP contribution in [0.5, 0.6) is 5.75 Å². The molecule has 1 aromatic rings. The van der Waals surface area contributed by atoms with Crippen LogP contribution in [0.1, 0.15) is 45.1 Å². The van der Waals surface area contributed by atoms with Crippen LogP contribution >= 0.6 is 0 Å². The number of halogens is 2. The number of carbonyl (C=O) groups excluding carboxylic acids is 3. The molecular weight excluding hydrogens is 408 g/mol. The van der Waals surface area contributed by atoms with Crippen molar-refractivity contribution >= 4 is 17.8 Å². The van der Waals surface area contributed by atoms with Crippen molar-refractivity contribution in [3.63, 3.8) is 0 Å². The predicted molar refractivity (Wildman–Crippen MR) is 107 cm³/mol. The lowest BCUT2D eigenvalue weighted by Gasteiger charge is -2.29. The molecule has 5 atom stereocenters. The third-order valence-corrected chi connectivity index (χ3v) is 7.06. The van der Waals surface area contributed by atoms with E-state index in [0.717, 1.165) is 17.2 Å². The highest BCUT2D eigenvalue weighted by molar-refractivity contribution is 6.09. The van der Waals surface area contributed by atoms with Crippen molar-refractivity contribution in [2.75, 3.05) is 6.54 Å². The van der Waals surface area contributed by atoms with E-state index in [1.165, 1.54) is 50.5 Å². The summed E-state index contributed by atoms with van der Waals surface area (Å²) in [6.07, 6.45) is 4.84. The number of nitrogens with zero attached hydrogens (tertiary/aromatic N) is 1. The zero-order valence-electron chi connectivity index (χ0n) is 17.6. The van der Waals surface area contributed by atoms with Gasteiger partial charge in [-0.2, -0.15) is 8.78 Å². The predicted octanol–water partition coefficient (Wildman–Crippen LogP) is 3.00. The Kier molecular flexibility index (Phi) is 5.61. The Bertz CT molecular complexity index is 878. The summed E-state index contributed by atoms with van der Waals surface area (Å²) in [5, 5.41) is 5.58. The summed E-state index contributed by atoms with van der Waals surface area (Å²) < 4.78 is 29.0. The van der Waals surface area contributed by atoms with E-state index in [1.54, 1.807) is 0 Å². The van der Waals surface area contributed by atoms with Gasteiger partial charge >= 0.3 is 12.6 Å². The molecule has 1 aromatic carbocycles. The van der Waals surface area contributed by atoms with Crippen LogP contribution in [0.3, 0.4) is 0 Å². The highest BCUT2D eigenvalue weighted by Crippen LogP contribution is 2.49. The van der Waals surface area contributed by atoms with Gasteiger partial charge in [-0.1, -0.05) is 18.6 Å². The summed E-state index contributed by atoms with van der Waals surface area (Å²) in [7, 11) is 0. The van der Waals surface area contributed by atoms with Gasteiger partial charge in [-0.05, 0) is 68.6 Å². The molecule has 7 nitrogen and oxygen atoms in total. The Balaban J connectivity index is 1.39. The lowest BCUT2D eigenvalue weighted by Crippen LogP contribution is -2.47. The summed E-state index contributed by atoms with van der Waals surface area (Å²) in [4.78, 5) is 38.9. The molecule has 9 heteroatoms. The van der Waals surface area contributed by atoms with Crippen LogP contribution in [0.25, 0.3) is 0 Å². The lowest BCUT2D eigenvalue weighted by atomic mass is 9.84. The van der Waals surface area contributed by atoms with Crippen molar-refractivity contribution in [1.82, 2.24) is 15.5 Å². The number of alkyl halides is 2. The van der Waals surface area contributed by atoms with Crippen molar-refractivity contribution in [3.05, 3.63) is 29.8 Å². The second-order valence-electron chi connectivity index (χ2n) is 9.04. The van der Waals surface area contributed by atoms with Gasteiger partial charge in [-0.25, -0.2) is 4.79 Å². The number of hydrogen-bond acceptors (Lipinski definition) is 4. The molecular formula is C22H27F2N3O4. The van der Waals surface area contributed by atoms with Crippen LogP contribution in [0.4, 0.5) is 13.6 Å². The quantitative estimate of drug-likeness (QED) is 0.645. The summed E-state index contributed by atoms with van der Waals surface area (Å²) >= 11 is 0. The molecule has 4 rings (SSSR count). The number of imide groups is 1. The first kappa shape index (κ1) is 21.5. The molecule has 2 saturated carbocycles. The highest BCUT2D eigenvalue weighted by atomic mass is 19.3. The number of urea groups is 1. The van der Waals surface area contributed by atoms with Gasteiger partial charge in [0.15, 0.2) is 0 Å². The first-order valence-electron chi connectivity index (χ1n) is 10.7. The SMILES string of the molecule is C[C@@H](NC(=O)CN1C(=O)N[C@](C)(c2ccc(OC(F)F)cc2)C1=O)[C@H]1C[C@@H]2CC[C@@H]1C2. The molecule has 0 aromatic heterocycles. The van der Waals surface area contributed by atoms with Crippen molar-refractivity contribution in [3.8, 4) is 5.75 Å². The van der Waals surface area contributed by atoms with E-state index >= 15 is 0 Å². The molecule has 2 bridgehead atoms. The fraction of sp³-hybridized carbons (Fsp3) is 0.591. The molecule has 31 heavy (non-hydrogen) atoms. The van der Waals surface area contributed by atoms with Crippen LogP contribution < -0.4 is 15.4 Å². The van der Waals surface area contributed by atoms with Gasteiger partial charge in [-0.15, -0.1) is 0 Å². The van der Waals surface area contributed by atoms with Gasteiger partial charge in [0.1, 0.15) is 17.8 Å². The van der Waals surface area contributed by atoms with Gasteiger partial charge < -0.3 is 15.4 Å². The van der Waals surface area contributed by atoms with Crippen LogP contribution in [0, 0.1) is 17.8 Å². The summed E-state index contributed by atoms with van der Waals surface area (Å²) in [6.45, 7) is 0.191. The lowest BCUT2D eigenvalue weighted by molar-refractivity contribution is -0.135. The summed E-state index contributed by atoms with van der Waals surface area (Å²) in [5.41, 5.74) is -0.984. The number of ether oxygens (including phenoxy) is 1. The second-order valence-corrected chi connectivity index (χ2v) is 9.04. The van der Waals surface area contributed by atoms with Gasteiger partial charge in [0.25, 0.3) is 5.91 Å². The third kappa shape index (κ3) is 4.09. The van der Waals surface area contributed by atoms with E-state index in [4.69, 9.17) is 0 Å². The number of carbonyl (C=O) groups is 3. The van der Waals surface area contributed by atoms with Crippen molar-refractivity contribution in [1.29, 1.82) is 0 Å². The Morgan fingerprint density at radius 3 is 2.55 bits per heavy atom. The van der Waals surface area contributed by atoms with E-state index in [1.807, 2.05) is 6.92 Å². The fourth-order valence-electron chi connectivity index (χ4n) is 5.46. The monoisotopic (exact) mass is 435 g/mol. The average Bonchev–Trinajstić information content (AvgIpc) is 3.39. The third-order valence-electron chi connectivity index (χ3n) is 7.06. The number of rotatable bonds is 7. The molecule has 3 fully saturated rings. The minimum Gasteiger partial charge on any atom is -0.435 e. The number of benzene rings is 1. The molecule has 2 aliphatic carbocycles. The molecule has 168 valence electrons. The number of hydrogen-bond donors (Lipinski definition) is 2. The van der Waals surface area contributed by atoms with Gasteiger partial charge in [-0.3, -0.25) is 14.5 Å². The maximum absolute atomic E-state index is 13.0. The van der Waals surface area contributed by atoms with Crippen molar-refractivity contribution < 1.29 is 27.9 Å². The van der Waals surface area contributed by atoms with E-state index in [0.29, 0.717) is 17.4 Å². The molecule has 3 aliphatic rings. The highest BCUT2D eigenvalue weighted by Gasteiger charge is 2.50. The molecule has 0 radical (unpaired) electrons. The van der Waals surface area contributed by atoms with Crippen molar-refractivity contribution in [2.45, 2.75) is 57.7 Å². The number of fused-ring (bicyclic) bond motifs is 2. The van der Waals surface area contributed by atoms with Crippen LogP contribution in [0.15, 0.2) is 24.3 Å². The topological polar surface area (TPSA) is 87.7 Å². The van der Waals surface area contributed by atoms with E-state index in [-0.39, 0.29) is 24.2 Å². The number of amides is 4. The normalized spacial score (nSPS) is 30.6. The Labute approximate surface area is 179 Å². The van der Waals surface area contributed by atoms with E-state index < -0.39 is 24.1 Å². The number of nitrogens with one attached hydrogen (secondary N) is 2. The molecule has 0 unspecified atom stereocenters. The van der Waals surface area contributed by atoms with Crippen LogP contribution in [-0.2, 0) is 15.1 Å². The van der Waals surface area contributed by atoms with Crippen molar-refractivity contribution in [2.24, 2.45) is 17.8 Å². The van der Waals surface area contributed by atoms with Crippen LogP contribution in [-0.4, -0.2) is 41.9 Å². The first-order chi connectivity index (χ1) is 14.7. The Morgan fingerprint density at radius 1 is 1.26 bits per heavy atom. The zero-order chi connectivity index (χ0) is 22.3. The first-order valence-corrected chi connectivity index (χ1v) is 10.7. The fourth-order valence-corrected chi connectivity index (χ4v) is 5.46. The molecule has 1 saturated heterocycles. The Morgan fingerprint density at radius 2 is 1.97 bits per heavy atom. The molecule has 2 N–H and O–H groups in total. The zero-order valence-corrected chi connectivity index (χ0v) is 17.6. The summed E-state index contributed by atoms with van der Waals surface area (Å²) in [5.74, 6) is 0.872. The van der Waals surface area contributed by atoms with E-state index in [2.05, 4.69) is 15.4 Å². The molecule has 4 amide bonds. The molecule has 0 spiro atoms. The standard InChI is InChI=1S/C22H27F2N3O4/c1-12(17-10-13-3-4-14(17)9-13)25-18(28)11-27-19(29)22(2,26-21(27)30)15-5-7-16(8-6-15)31-20(23)24/h5-8,12-14,17,20H,3-4,9-11H2,1-2H3,(H,25,28)(H,26,30)/t12-,13-,14-,17-,22-/m1/s1. The minimum atomic E-state index is -2.95. The van der Waals surface area contributed by atoms with Gasteiger partial charge in [0.05, 0.1) is 0 Å². The van der Waals surface area contributed by atoms with E-state index in [9.17, 15) is 23.2 Å². The average molecular weight is 435 g/mol. The van der Waals surface area contributed by atoms with Gasteiger partial charge in [0, 0.05) is 6.04 Å². The Hall–Kier alpha value is -2.71. The minimum absolute atomic E-state index is 0.00247. The van der Waals surface area contributed by atoms with Crippen LogP contribution in [0.2, 0.25) is 0 Å².